The van der Waals surface area contributed by atoms with Crippen molar-refractivity contribution in [2.75, 3.05) is 0 Å². The van der Waals surface area contributed by atoms with Crippen molar-refractivity contribution in [3.63, 3.8) is 0 Å². The first-order valence-electron chi connectivity index (χ1n) is 10.4. The molecule has 0 bridgehead atoms. The number of carboxylic acid groups (broad SMARTS) is 1. The number of benzene rings is 3. The minimum atomic E-state index is -0.869. The van der Waals surface area contributed by atoms with Gasteiger partial charge in [0.1, 0.15) is 12.4 Å². The summed E-state index contributed by atoms with van der Waals surface area (Å²) >= 11 is 0. The van der Waals surface area contributed by atoms with Crippen molar-refractivity contribution >= 4 is 11.9 Å². The van der Waals surface area contributed by atoms with Crippen LogP contribution in [0.25, 0.3) is 0 Å². The third kappa shape index (κ3) is 7.97. The molecule has 0 radical (unpaired) electrons. The van der Waals surface area contributed by atoms with Crippen LogP contribution in [0.1, 0.15) is 29.5 Å². The molecule has 0 unspecified atom stereocenters. The molecule has 0 aromatic heterocycles. The van der Waals surface area contributed by atoms with Crippen molar-refractivity contribution in [1.29, 1.82) is 0 Å². The number of carbonyl (C=O) groups is 2. The van der Waals surface area contributed by atoms with Gasteiger partial charge in [-0.25, -0.2) is 0 Å². The number of ether oxygens (including phenoxy) is 1. The van der Waals surface area contributed by atoms with Gasteiger partial charge in [-0.15, -0.1) is 0 Å². The van der Waals surface area contributed by atoms with Crippen LogP contribution in [0.5, 0.6) is 5.75 Å². The molecule has 0 aliphatic carbocycles. The monoisotopic (exact) mass is 417 g/mol. The van der Waals surface area contributed by atoms with Crippen LogP contribution in [0.4, 0.5) is 0 Å². The third-order valence-electron chi connectivity index (χ3n) is 4.93. The fraction of sp³-hybridized carbons (Fsp3) is 0.231. The maximum absolute atomic E-state index is 12.5. The molecule has 1 amide bonds. The molecular formula is C26H27NO4. The van der Waals surface area contributed by atoms with Gasteiger partial charge < -0.3 is 15.2 Å². The number of rotatable bonds is 11. The van der Waals surface area contributed by atoms with Gasteiger partial charge in [-0.2, -0.15) is 0 Å². The Morgan fingerprint density at radius 1 is 0.806 bits per heavy atom. The second kappa shape index (κ2) is 11.6. The summed E-state index contributed by atoms with van der Waals surface area (Å²) in [6.07, 6.45) is 1.22. The number of carboxylic acids is 1. The first-order valence-corrected chi connectivity index (χ1v) is 10.4. The van der Waals surface area contributed by atoms with Gasteiger partial charge in [-0.05, 0) is 41.7 Å². The van der Waals surface area contributed by atoms with E-state index in [-0.39, 0.29) is 24.8 Å². The van der Waals surface area contributed by atoms with Gasteiger partial charge in [0, 0.05) is 12.5 Å². The lowest BCUT2D eigenvalue weighted by Crippen LogP contribution is -2.37. The summed E-state index contributed by atoms with van der Waals surface area (Å²) in [5.74, 6) is -0.209. The lowest BCUT2D eigenvalue weighted by atomic mass is 10.0. The van der Waals surface area contributed by atoms with E-state index in [1.165, 1.54) is 0 Å². The van der Waals surface area contributed by atoms with Gasteiger partial charge in [0.2, 0.25) is 5.91 Å². The van der Waals surface area contributed by atoms with Crippen LogP contribution in [0.2, 0.25) is 0 Å². The molecule has 3 aromatic rings. The van der Waals surface area contributed by atoms with E-state index in [1.54, 1.807) is 0 Å². The number of aliphatic carboxylic acids is 1. The average molecular weight is 418 g/mol. The number of carbonyl (C=O) groups excluding carboxylic acids is 1. The maximum atomic E-state index is 12.5. The topological polar surface area (TPSA) is 75.6 Å². The molecule has 5 nitrogen and oxygen atoms in total. The first kappa shape index (κ1) is 22.1. The molecule has 160 valence electrons. The third-order valence-corrected chi connectivity index (χ3v) is 4.93. The van der Waals surface area contributed by atoms with Gasteiger partial charge in [0.25, 0.3) is 0 Å². The highest BCUT2D eigenvalue weighted by Gasteiger charge is 2.15. The van der Waals surface area contributed by atoms with Crippen molar-refractivity contribution in [3.05, 3.63) is 102 Å². The summed E-state index contributed by atoms with van der Waals surface area (Å²) < 4.78 is 5.81. The Hall–Kier alpha value is -3.60. The Balaban J connectivity index is 1.56. The predicted octanol–water partition coefficient (Wildman–Crippen LogP) is 4.40. The zero-order valence-corrected chi connectivity index (χ0v) is 17.4. The van der Waals surface area contributed by atoms with E-state index in [1.807, 2.05) is 84.9 Å². The lowest BCUT2D eigenvalue weighted by molar-refractivity contribution is -0.137. The van der Waals surface area contributed by atoms with Crippen molar-refractivity contribution in [2.45, 2.75) is 38.3 Å². The van der Waals surface area contributed by atoms with Crippen LogP contribution < -0.4 is 10.1 Å². The first-order chi connectivity index (χ1) is 15.1. The summed E-state index contributed by atoms with van der Waals surface area (Å²) in [4.78, 5) is 23.5. The second-order valence-corrected chi connectivity index (χ2v) is 7.48. The van der Waals surface area contributed by atoms with Crippen molar-refractivity contribution in [2.24, 2.45) is 0 Å². The minimum Gasteiger partial charge on any atom is -0.489 e. The van der Waals surface area contributed by atoms with Gasteiger partial charge in [0.15, 0.2) is 0 Å². The molecule has 0 heterocycles. The van der Waals surface area contributed by atoms with E-state index in [2.05, 4.69) is 5.32 Å². The molecule has 31 heavy (non-hydrogen) atoms. The normalized spacial score (nSPS) is 11.5. The molecular weight excluding hydrogens is 390 g/mol. The fourth-order valence-electron chi connectivity index (χ4n) is 3.33. The van der Waals surface area contributed by atoms with E-state index < -0.39 is 5.97 Å². The van der Waals surface area contributed by atoms with Crippen LogP contribution >= 0.6 is 0 Å². The quantitative estimate of drug-likeness (QED) is 0.485. The summed E-state index contributed by atoms with van der Waals surface area (Å²) in [5.41, 5.74) is 3.04. The lowest BCUT2D eigenvalue weighted by Gasteiger charge is -2.19. The van der Waals surface area contributed by atoms with Crippen molar-refractivity contribution in [3.8, 4) is 5.75 Å². The van der Waals surface area contributed by atoms with Crippen LogP contribution in [0.15, 0.2) is 84.9 Å². The highest BCUT2D eigenvalue weighted by Crippen LogP contribution is 2.16. The van der Waals surface area contributed by atoms with E-state index in [0.29, 0.717) is 19.4 Å². The van der Waals surface area contributed by atoms with Crippen LogP contribution in [-0.2, 0) is 29.0 Å². The Labute approximate surface area is 182 Å². The number of hydrogen-bond donors (Lipinski definition) is 2. The van der Waals surface area contributed by atoms with Crippen molar-refractivity contribution in [1.82, 2.24) is 5.32 Å². The molecule has 3 rings (SSSR count). The second-order valence-electron chi connectivity index (χ2n) is 7.48. The Kier molecular flexibility index (Phi) is 8.23. The van der Waals surface area contributed by atoms with Crippen LogP contribution in [0, 0.1) is 0 Å². The van der Waals surface area contributed by atoms with Crippen LogP contribution in [-0.4, -0.2) is 23.0 Å². The predicted molar refractivity (Wildman–Crippen MR) is 120 cm³/mol. The molecule has 0 spiro atoms. The number of nitrogens with one attached hydrogen (secondary N) is 1. The molecule has 0 saturated carbocycles. The smallest absolute Gasteiger partial charge is 0.303 e. The van der Waals surface area contributed by atoms with E-state index in [0.717, 1.165) is 22.4 Å². The summed E-state index contributed by atoms with van der Waals surface area (Å²) in [7, 11) is 0. The molecule has 5 heteroatoms. The molecule has 0 aliphatic rings. The van der Waals surface area contributed by atoms with E-state index in [4.69, 9.17) is 9.84 Å². The van der Waals surface area contributed by atoms with E-state index in [9.17, 15) is 9.59 Å². The van der Waals surface area contributed by atoms with Crippen molar-refractivity contribution < 1.29 is 19.4 Å². The Morgan fingerprint density at radius 3 is 2.03 bits per heavy atom. The standard InChI is InChI=1S/C26H27NO4/c28-25(18-20-7-3-1-4-8-20)27-23(13-16-26(29)30)17-21-11-14-24(15-12-21)31-19-22-9-5-2-6-10-22/h1-12,14-15,23H,13,16-19H2,(H,27,28)(H,29,30)/t23-/m0/s1. The highest BCUT2D eigenvalue weighted by molar-refractivity contribution is 5.79. The SMILES string of the molecule is O=C(O)CC[C@@H](Cc1ccc(OCc2ccccc2)cc1)NC(=O)Cc1ccccc1. The minimum absolute atomic E-state index is 0.00849. The van der Waals surface area contributed by atoms with Gasteiger partial charge in [-0.1, -0.05) is 72.8 Å². The largest absolute Gasteiger partial charge is 0.489 e. The Morgan fingerprint density at radius 2 is 1.42 bits per heavy atom. The van der Waals surface area contributed by atoms with Gasteiger partial charge in [0.05, 0.1) is 6.42 Å². The number of amides is 1. The zero-order valence-electron chi connectivity index (χ0n) is 17.4. The molecule has 0 saturated heterocycles. The molecule has 2 N–H and O–H groups in total. The fourth-order valence-corrected chi connectivity index (χ4v) is 3.33. The highest BCUT2D eigenvalue weighted by atomic mass is 16.5. The van der Waals surface area contributed by atoms with E-state index >= 15 is 0 Å². The molecule has 0 aliphatic heterocycles. The molecule has 1 atom stereocenters. The Bertz CT molecular complexity index is 956. The van der Waals surface area contributed by atoms with Gasteiger partial charge >= 0.3 is 5.97 Å². The van der Waals surface area contributed by atoms with Crippen LogP contribution in [0.3, 0.4) is 0 Å². The zero-order chi connectivity index (χ0) is 21.9. The summed E-state index contributed by atoms with van der Waals surface area (Å²) in [5, 5.41) is 12.1. The van der Waals surface area contributed by atoms with Gasteiger partial charge in [-0.3, -0.25) is 9.59 Å². The number of hydrogen-bond acceptors (Lipinski definition) is 3. The maximum Gasteiger partial charge on any atom is 0.303 e. The summed E-state index contributed by atoms with van der Waals surface area (Å²) in [6.45, 7) is 0.497. The molecule has 3 aromatic carbocycles. The molecule has 0 fully saturated rings. The summed E-state index contributed by atoms with van der Waals surface area (Å²) in [6, 6.07) is 26.9. The average Bonchev–Trinajstić information content (AvgIpc) is 2.78.